The second kappa shape index (κ2) is 7.42. The van der Waals surface area contributed by atoms with Crippen LogP contribution < -0.4 is 0 Å². The van der Waals surface area contributed by atoms with E-state index in [4.69, 9.17) is 0 Å². The van der Waals surface area contributed by atoms with E-state index in [2.05, 4.69) is 62.4 Å². The van der Waals surface area contributed by atoms with Gasteiger partial charge in [-0.2, -0.15) is 0 Å². The average molecular weight is 282 g/mol. The first-order valence-electron chi connectivity index (χ1n) is 7.98. The van der Waals surface area contributed by atoms with Gasteiger partial charge >= 0.3 is 0 Å². The predicted octanol–water partition coefficient (Wildman–Crippen LogP) is 4.64. The fraction of sp³-hybridized carbons (Fsp3) is 0.400. The van der Waals surface area contributed by atoms with Crippen LogP contribution in [0.5, 0.6) is 0 Å². The lowest BCUT2D eigenvalue weighted by Gasteiger charge is -2.35. The van der Waals surface area contributed by atoms with Gasteiger partial charge in [-0.15, -0.1) is 0 Å². The van der Waals surface area contributed by atoms with Crippen molar-refractivity contribution in [3.63, 3.8) is 0 Å². The van der Waals surface area contributed by atoms with Crippen molar-refractivity contribution in [1.82, 2.24) is 0 Å². The molecule has 0 amide bonds. The lowest BCUT2D eigenvalue weighted by Crippen LogP contribution is -2.39. The molecule has 1 N–H and O–H groups in total. The zero-order valence-corrected chi connectivity index (χ0v) is 13.1. The first-order valence-corrected chi connectivity index (χ1v) is 7.98. The molecule has 2 aromatic carbocycles. The Morgan fingerprint density at radius 3 is 1.48 bits per heavy atom. The normalized spacial score (nSPS) is 11.8. The van der Waals surface area contributed by atoms with E-state index in [0.29, 0.717) is 0 Å². The lowest BCUT2D eigenvalue weighted by molar-refractivity contribution is -0.0259. The van der Waals surface area contributed by atoms with Crippen LogP contribution in [0.15, 0.2) is 60.7 Å². The van der Waals surface area contributed by atoms with Crippen LogP contribution in [0.1, 0.15) is 37.8 Å². The minimum Gasteiger partial charge on any atom is -0.390 e. The Morgan fingerprint density at radius 2 is 1.14 bits per heavy atom. The van der Waals surface area contributed by atoms with Gasteiger partial charge in [-0.3, -0.25) is 0 Å². The maximum Gasteiger partial charge on any atom is 0.0676 e. The van der Waals surface area contributed by atoms with Crippen LogP contribution in [0.2, 0.25) is 0 Å². The van der Waals surface area contributed by atoms with Crippen molar-refractivity contribution < 1.29 is 5.11 Å². The van der Waals surface area contributed by atoms with E-state index in [9.17, 15) is 5.11 Å². The summed E-state index contributed by atoms with van der Waals surface area (Å²) in [5.74, 6) is 0.247. The molecule has 0 bridgehead atoms. The van der Waals surface area contributed by atoms with Gasteiger partial charge in [-0.1, -0.05) is 74.5 Å². The van der Waals surface area contributed by atoms with E-state index >= 15 is 0 Å². The summed E-state index contributed by atoms with van der Waals surface area (Å²) in [5.41, 5.74) is 2.02. The number of rotatable bonds is 7. The van der Waals surface area contributed by atoms with Crippen LogP contribution in [0.25, 0.3) is 0 Å². The van der Waals surface area contributed by atoms with Gasteiger partial charge < -0.3 is 5.11 Å². The third-order valence-electron chi connectivity index (χ3n) is 4.63. The van der Waals surface area contributed by atoms with Gasteiger partial charge in [-0.05, 0) is 42.7 Å². The number of benzene rings is 2. The van der Waals surface area contributed by atoms with E-state index in [1.165, 1.54) is 11.1 Å². The van der Waals surface area contributed by atoms with Crippen molar-refractivity contribution >= 4 is 0 Å². The highest BCUT2D eigenvalue weighted by Crippen LogP contribution is 2.31. The van der Waals surface area contributed by atoms with Crippen LogP contribution in [0, 0.1) is 5.92 Å². The molecule has 0 fully saturated rings. The molecule has 0 aliphatic heterocycles. The summed E-state index contributed by atoms with van der Waals surface area (Å²) in [6.45, 7) is 4.18. The third-order valence-corrected chi connectivity index (χ3v) is 4.63. The molecule has 0 spiro atoms. The highest BCUT2D eigenvalue weighted by molar-refractivity contribution is 5.20. The maximum absolute atomic E-state index is 11.0. The summed E-state index contributed by atoms with van der Waals surface area (Å²) < 4.78 is 0. The van der Waals surface area contributed by atoms with Gasteiger partial charge in [0.05, 0.1) is 5.60 Å². The van der Waals surface area contributed by atoms with E-state index in [1.807, 2.05) is 12.1 Å². The van der Waals surface area contributed by atoms with Crippen molar-refractivity contribution in [2.45, 2.75) is 45.1 Å². The van der Waals surface area contributed by atoms with Gasteiger partial charge in [-0.25, -0.2) is 0 Å². The van der Waals surface area contributed by atoms with E-state index in [0.717, 1.165) is 25.7 Å². The minimum absolute atomic E-state index is 0.247. The molecule has 0 aromatic heterocycles. The summed E-state index contributed by atoms with van der Waals surface area (Å²) in [6, 6.07) is 21.0. The largest absolute Gasteiger partial charge is 0.390 e. The Bertz CT molecular complexity index is 473. The van der Waals surface area contributed by atoms with E-state index in [-0.39, 0.29) is 5.92 Å². The first kappa shape index (κ1) is 15.8. The van der Waals surface area contributed by atoms with Crippen LogP contribution >= 0.6 is 0 Å². The molecule has 0 radical (unpaired) electrons. The standard InChI is InChI=1S/C20H26O/c1-3-20(21,4-2)19(15-17-11-7-5-8-12-17)16-18-13-9-6-10-14-18/h5-14,19,21H,3-4,15-16H2,1-2H3. The molecule has 2 aromatic rings. The van der Waals surface area contributed by atoms with Gasteiger partial charge in [0.2, 0.25) is 0 Å². The van der Waals surface area contributed by atoms with Crippen LogP contribution in [0.4, 0.5) is 0 Å². The Hall–Kier alpha value is -1.60. The predicted molar refractivity (Wildman–Crippen MR) is 89.3 cm³/mol. The minimum atomic E-state index is -0.592. The fourth-order valence-corrected chi connectivity index (χ4v) is 3.08. The number of hydrogen-bond donors (Lipinski definition) is 1. The maximum atomic E-state index is 11.0. The van der Waals surface area contributed by atoms with Crippen LogP contribution in [-0.4, -0.2) is 10.7 Å². The molecule has 0 saturated carbocycles. The van der Waals surface area contributed by atoms with Crippen molar-refractivity contribution in [2.24, 2.45) is 5.92 Å². The Labute approximate surface area is 128 Å². The molecular formula is C20H26O. The van der Waals surface area contributed by atoms with Crippen molar-refractivity contribution in [3.05, 3.63) is 71.8 Å². The molecule has 0 atom stereocenters. The molecule has 1 nitrogen and oxygen atoms in total. The topological polar surface area (TPSA) is 20.2 Å². The molecule has 2 rings (SSSR count). The van der Waals surface area contributed by atoms with E-state index in [1.54, 1.807) is 0 Å². The highest BCUT2D eigenvalue weighted by atomic mass is 16.3. The Balaban J connectivity index is 2.22. The molecule has 21 heavy (non-hydrogen) atoms. The third kappa shape index (κ3) is 4.18. The molecule has 0 aliphatic rings. The molecule has 0 saturated heterocycles. The van der Waals surface area contributed by atoms with Crippen molar-refractivity contribution in [3.8, 4) is 0 Å². The molecule has 0 aliphatic carbocycles. The monoisotopic (exact) mass is 282 g/mol. The van der Waals surface area contributed by atoms with Crippen molar-refractivity contribution in [2.75, 3.05) is 0 Å². The second-order valence-electron chi connectivity index (χ2n) is 5.89. The highest BCUT2D eigenvalue weighted by Gasteiger charge is 2.33. The number of aliphatic hydroxyl groups is 1. The zero-order chi connectivity index (χ0) is 15.1. The molecular weight excluding hydrogens is 256 g/mol. The smallest absolute Gasteiger partial charge is 0.0676 e. The molecule has 0 unspecified atom stereocenters. The molecule has 112 valence electrons. The van der Waals surface area contributed by atoms with Crippen LogP contribution in [-0.2, 0) is 12.8 Å². The lowest BCUT2D eigenvalue weighted by atomic mass is 9.76. The molecule has 0 heterocycles. The number of hydrogen-bond acceptors (Lipinski definition) is 1. The SMILES string of the molecule is CCC(O)(CC)C(Cc1ccccc1)Cc1ccccc1. The van der Waals surface area contributed by atoms with Gasteiger partial charge in [0.25, 0.3) is 0 Å². The quantitative estimate of drug-likeness (QED) is 0.784. The van der Waals surface area contributed by atoms with Gasteiger partial charge in [0, 0.05) is 0 Å². The van der Waals surface area contributed by atoms with Gasteiger partial charge in [0.15, 0.2) is 0 Å². The average Bonchev–Trinajstić information content (AvgIpc) is 2.55. The zero-order valence-electron chi connectivity index (χ0n) is 13.1. The van der Waals surface area contributed by atoms with E-state index < -0.39 is 5.60 Å². The Kier molecular flexibility index (Phi) is 5.58. The first-order chi connectivity index (χ1) is 10.2. The Morgan fingerprint density at radius 1 is 0.762 bits per heavy atom. The summed E-state index contributed by atoms with van der Waals surface area (Å²) >= 11 is 0. The van der Waals surface area contributed by atoms with Crippen molar-refractivity contribution in [1.29, 1.82) is 0 Å². The summed E-state index contributed by atoms with van der Waals surface area (Å²) in [4.78, 5) is 0. The van der Waals surface area contributed by atoms with Crippen LogP contribution in [0.3, 0.4) is 0 Å². The summed E-state index contributed by atoms with van der Waals surface area (Å²) in [7, 11) is 0. The summed E-state index contributed by atoms with van der Waals surface area (Å²) in [5, 5.41) is 11.0. The summed E-state index contributed by atoms with van der Waals surface area (Å²) in [6.07, 6.45) is 3.45. The fourth-order valence-electron chi connectivity index (χ4n) is 3.08. The second-order valence-corrected chi connectivity index (χ2v) is 5.89. The van der Waals surface area contributed by atoms with Gasteiger partial charge in [0.1, 0.15) is 0 Å². The molecule has 1 heteroatoms.